The molecule has 7 heteroatoms. The third-order valence-electron chi connectivity index (χ3n) is 4.52. The largest absolute Gasteiger partial charge is 0.493 e. The molecule has 29 heavy (non-hydrogen) atoms. The van der Waals surface area contributed by atoms with Crippen LogP contribution in [-0.4, -0.2) is 31.2 Å². The molecule has 1 N–H and O–H groups in total. The molecule has 0 atom stereocenters. The molecule has 0 fully saturated rings. The minimum atomic E-state index is -0.289. The van der Waals surface area contributed by atoms with Crippen molar-refractivity contribution in [1.29, 1.82) is 0 Å². The molecule has 0 saturated heterocycles. The molecule has 1 aliphatic heterocycles. The molecule has 2 amide bonds. The van der Waals surface area contributed by atoms with Crippen molar-refractivity contribution in [3.63, 3.8) is 0 Å². The Morgan fingerprint density at radius 1 is 1.17 bits per heavy atom. The second kappa shape index (κ2) is 9.23. The van der Waals surface area contributed by atoms with Gasteiger partial charge in [-0.15, -0.1) is 0 Å². The number of nitrogens with one attached hydrogen (secondary N) is 1. The minimum Gasteiger partial charge on any atom is -0.493 e. The highest BCUT2D eigenvalue weighted by Crippen LogP contribution is 2.28. The second-order valence-corrected chi connectivity index (χ2v) is 6.69. The van der Waals surface area contributed by atoms with Crippen molar-refractivity contribution in [1.82, 2.24) is 5.32 Å². The van der Waals surface area contributed by atoms with E-state index in [2.05, 4.69) is 10.4 Å². The van der Waals surface area contributed by atoms with Gasteiger partial charge >= 0.3 is 0 Å². The summed E-state index contributed by atoms with van der Waals surface area (Å²) in [6.45, 7) is 4.71. The number of ether oxygens (including phenoxy) is 2. The van der Waals surface area contributed by atoms with Gasteiger partial charge in [0.2, 0.25) is 5.91 Å². The molecule has 3 rings (SSSR count). The Morgan fingerprint density at radius 2 is 2.00 bits per heavy atom. The van der Waals surface area contributed by atoms with Crippen LogP contribution in [0.3, 0.4) is 0 Å². The molecule has 0 bridgehead atoms. The number of carbonyl (C=O) groups is 2. The first kappa shape index (κ1) is 20.4. The molecule has 0 saturated carbocycles. The smallest absolute Gasteiger partial charge is 0.267 e. The molecule has 0 spiro atoms. The molecular weight excluding hydrogens is 370 g/mol. The van der Waals surface area contributed by atoms with Crippen LogP contribution in [0.15, 0.2) is 47.6 Å². The zero-order valence-corrected chi connectivity index (χ0v) is 16.9. The van der Waals surface area contributed by atoms with Gasteiger partial charge in [0.1, 0.15) is 5.71 Å². The van der Waals surface area contributed by atoms with E-state index in [1.807, 2.05) is 50.2 Å². The maximum absolute atomic E-state index is 12.6. The van der Waals surface area contributed by atoms with Gasteiger partial charge in [-0.1, -0.05) is 18.2 Å². The number of rotatable bonds is 7. The Morgan fingerprint density at radius 3 is 2.72 bits per heavy atom. The van der Waals surface area contributed by atoms with Crippen LogP contribution in [0.25, 0.3) is 0 Å². The maximum Gasteiger partial charge on any atom is 0.267 e. The average Bonchev–Trinajstić information content (AvgIpc) is 2.73. The first-order valence-electron chi connectivity index (χ1n) is 9.56. The van der Waals surface area contributed by atoms with Crippen molar-refractivity contribution >= 4 is 23.2 Å². The van der Waals surface area contributed by atoms with E-state index in [-0.39, 0.29) is 18.2 Å². The fourth-order valence-corrected chi connectivity index (χ4v) is 3.06. The number of hydrazone groups is 1. The second-order valence-electron chi connectivity index (χ2n) is 6.69. The van der Waals surface area contributed by atoms with E-state index in [1.165, 1.54) is 5.01 Å². The monoisotopic (exact) mass is 395 g/mol. The number of methoxy groups -OCH3 is 1. The quantitative estimate of drug-likeness (QED) is 0.781. The number of hydrogen-bond acceptors (Lipinski definition) is 5. The Labute approximate surface area is 170 Å². The number of benzene rings is 2. The zero-order valence-electron chi connectivity index (χ0n) is 16.9. The highest BCUT2D eigenvalue weighted by Gasteiger charge is 2.25. The number of amides is 2. The number of hydrogen-bond donors (Lipinski definition) is 1. The molecule has 0 aromatic heterocycles. The summed E-state index contributed by atoms with van der Waals surface area (Å²) in [6, 6.07) is 13.0. The van der Waals surface area contributed by atoms with Crippen LogP contribution in [-0.2, 0) is 16.1 Å². The van der Waals surface area contributed by atoms with Gasteiger partial charge < -0.3 is 14.8 Å². The molecule has 2 aromatic rings. The van der Waals surface area contributed by atoms with Gasteiger partial charge in [-0.05, 0) is 49.2 Å². The van der Waals surface area contributed by atoms with Gasteiger partial charge in [-0.2, -0.15) is 5.10 Å². The highest BCUT2D eigenvalue weighted by atomic mass is 16.5. The topological polar surface area (TPSA) is 80.2 Å². The lowest BCUT2D eigenvalue weighted by Crippen LogP contribution is -2.38. The SMILES string of the molecule is CCOc1ccc(CNC(=O)C2=NN(c3cccc(C)c3)C(=O)CC2)cc1OC. The predicted molar refractivity (Wildman–Crippen MR) is 111 cm³/mol. The first-order chi connectivity index (χ1) is 14.0. The first-order valence-corrected chi connectivity index (χ1v) is 9.56. The fraction of sp³-hybridized carbons (Fsp3) is 0.318. The van der Waals surface area contributed by atoms with Crippen molar-refractivity contribution < 1.29 is 19.1 Å². The van der Waals surface area contributed by atoms with E-state index >= 15 is 0 Å². The van der Waals surface area contributed by atoms with Gasteiger partial charge in [0.25, 0.3) is 5.91 Å². The van der Waals surface area contributed by atoms with E-state index in [1.54, 1.807) is 13.2 Å². The van der Waals surface area contributed by atoms with E-state index < -0.39 is 0 Å². The number of anilines is 1. The minimum absolute atomic E-state index is 0.122. The van der Waals surface area contributed by atoms with Crippen molar-refractivity contribution in [3.8, 4) is 11.5 Å². The summed E-state index contributed by atoms with van der Waals surface area (Å²) in [5.74, 6) is 0.866. The molecule has 1 aliphatic rings. The summed E-state index contributed by atoms with van der Waals surface area (Å²) < 4.78 is 10.8. The molecule has 0 aliphatic carbocycles. The van der Waals surface area contributed by atoms with Gasteiger partial charge in [-0.25, -0.2) is 5.01 Å². The predicted octanol–water partition coefficient (Wildman–Crippen LogP) is 3.20. The molecule has 1 heterocycles. The van der Waals surface area contributed by atoms with Crippen LogP contribution in [0.5, 0.6) is 11.5 Å². The van der Waals surface area contributed by atoms with Crippen LogP contribution >= 0.6 is 0 Å². The maximum atomic E-state index is 12.6. The van der Waals surface area contributed by atoms with Crippen LogP contribution in [0.2, 0.25) is 0 Å². The molecule has 0 unspecified atom stereocenters. The van der Waals surface area contributed by atoms with Gasteiger partial charge in [0.05, 0.1) is 19.4 Å². The zero-order chi connectivity index (χ0) is 20.8. The lowest BCUT2D eigenvalue weighted by Gasteiger charge is -2.23. The molecule has 152 valence electrons. The Kier molecular flexibility index (Phi) is 6.49. The standard InChI is InChI=1S/C22H25N3O4/c1-4-29-19-10-8-16(13-20(19)28-3)14-23-22(27)18-9-11-21(26)25(24-18)17-7-5-6-15(2)12-17/h5-8,10,12-13H,4,9,11,14H2,1-3H3,(H,23,27). The van der Waals surface area contributed by atoms with E-state index in [0.29, 0.717) is 42.5 Å². The van der Waals surface area contributed by atoms with Gasteiger partial charge in [0.15, 0.2) is 11.5 Å². The molecule has 7 nitrogen and oxygen atoms in total. The summed E-state index contributed by atoms with van der Waals surface area (Å²) in [6.07, 6.45) is 0.566. The molecular formula is C22H25N3O4. The van der Waals surface area contributed by atoms with Crippen molar-refractivity contribution in [2.45, 2.75) is 33.2 Å². The Balaban J connectivity index is 1.70. The van der Waals surface area contributed by atoms with Crippen molar-refractivity contribution in [2.24, 2.45) is 5.10 Å². The van der Waals surface area contributed by atoms with Crippen LogP contribution in [0.4, 0.5) is 5.69 Å². The van der Waals surface area contributed by atoms with Crippen LogP contribution in [0.1, 0.15) is 30.9 Å². The van der Waals surface area contributed by atoms with E-state index in [0.717, 1.165) is 11.1 Å². The summed E-state index contributed by atoms with van der Waals surface area (Å²) in [7, 11) is 1.58. The van der Waals surface area contributed by atoms with Crippen LogP contribution in [0, 0.1) is 6.92 Å². The summed E-state index contributed by atoms with van der Waals surface area (Å²) in [5, 5.41) is 8.48. The van der Waals surface area contributed by atoms with Crippen molar-refractivity contribution in [2.75, 3.05) is 18.7 Å². The fourth-order valence-electron chi connectivity index (χ4n) is 3.06. The van der Waals surface area contributed by atoms with Crippen molar-refractivity contribution in [3.05, 3.63) is 53.6 Å². The number of aryl methyl sites for hydroxylation is 1. The molecule has 2 aromatic carbocycles. The Bertz CT molecular complexity index is 939. The lowest BCUT2D eigenvalue weighted by atomic mass is 10.1. The van der Waals surface area contributed by atoms with E-state index in [4.69, 9.17) is 9.47 Å². The third-order valence-corrected chi connectivity index (χ3v) is 4.52. The van der Waals surface area contributed by atoms with E-state index in [9.17, 15) is 9.59 Å². The number of carbonyl (C=O) groups excluding carboxylic acids is 2. The highest BCUT2D eigenvalue weighted by molar-refractivity contribution is 6.40. The summed E-state index contributed by atoms with van der Waals surface area (Å²) >= 11 is 0. The third kappa shape index (κ3) is 4.93. The normalized spacial score (nSPS) is 13.7. The van der Waals surface area contributed by atoms with Gasteiger partial charge in [0, 0.05) is 19.4 Å². The summed E-state index contributed by atoms with van der Waals surface area (Å²) in [5.41, 5.74) is 2.90. The molecule has 0 radical (unpaired) electrons. The summed E-state index contributed by atoms with van der Waals surface area (Å²) in [4.78, 5) is 24.9. The lowest BCUT2D eigenvalue weighted by molar-refractivity contribution is -0.119. The number of nitrogens with zero attached hydrogens (tertiary/aromatic N) is 2. The van der Waals surface area contributed by atoms with Crippen LogP contribution < -0.4 is 19.8 Å². The van der Waals surface area contributed by atoms with Gasteiger partial charge in [-0.3, -0.25) is 9.59 Å². The average molecular weight is 395 g/mol. The Hall–Kier alpha value is -3.35.